The highest BCUT2D eigenvalue weighted by Gasteiger charge is 2.15. The molecule has 3 aromatic rings. The highest BCUT2D eigenvalue weighted by atomic mass is 15.1. The predicted molar refractivity (Wildman–Crippen MR) is 68.9 cm³/mol. The van der Waals surface area contributed by atoms with E-state index < -0.39 is 0 Å². The van der Waals surface area contributed by atoms with Gasteiger partial charge in [-0.25, -0.2) is 0 Å². The summed E-state index contributed by atoms with van der Waals surface area (Å²) in [6.07, 6.45) is 0. The fourth-order valence-corrected chi connectivity index (χ4v) is 2.73. The van der Waals surface area contributed by atoms with E-state index in [1.165, 1.54) is 33.2 Å². The molecule has 0 amide bonds. The van der Waals surface area contributed by atoms with Crippen molar-refractivity contribution >= 4 is 21.9 Å². The van der Waals surface area contributed by atoms with Crippen molar-refractivity contribution in [2.45, 2.75) is 13.8 Å². The van der Waals surface area contributed by atoms with E-state index in [4.69, 9.17) is 0 Å². The van der Waals surface area contributed by atoms with Crippen LogP contribution in [0.1, 0.15) is 11.3 Å². The summed E-state index contributed by atoms with van der Waals surface area (Å²) in [5.74, 6) is 0. The Labute approximate surface area is 95.1 Å². The van der Waals surface area contributed by atoms with Crippen LogP contribution in [-0.2, 0) is 14.1 Å². The van der Waals surface area contributed by atoms with Crippen molar-refractivity contribution in [3.05, 3.63) is 35.5 Å². The van der Waals surface area contributed by atoms with Gasteiger partial charge in [0.25, 0.3) is 0 Å². The van der Waals surface area contributed by atoms with Crippen LogP contribution in [0, 0.1) is 13.8 Å². The Morgan fingerprint density at radius 3 is 2.38 bits per heavy atom. The van der Waals surface area contributed by atoms with Crippen molar-refractivity contribution in [3.8, 4) is 0 Å². The number of benzene rings is 1. The molecule has 16 heavy (non-hydrogen) atoms. The lowest BCUT2D eigenvalue weighted by Crippen LogP contribution is -1.97. The molecule has 0 aliphatic rings. The molecule has 0 aliphatic carbocycles. The monoisotopic (exact) mass is 212 g/mol. The molecular formula is C14H16N2. The van der Waals surface area contributed by atoms with Gasteiger partial charge in [-0.1, -0.05) is 18.2 Å². The molecule has 0 aliphatic heterocycles. The molecule has 2 heterocycles. The van der Waals surface area contributed by atoms with E-state index in [0.717, 1.165) is 0 Å². The summed E-state index contributed by atoms with van der Waals surface area (Å²) in [5, 5.41) is 2.76. The normalized spacial score (nSPS) is 11.8. The molecule has 0 saturated carbocycles. The maximum atomic E-state index is 2.28. The van der Waals surface area contributed by atoms with Gasteiger partial charge in [-0.2, -0.15) is 0 Å². The number of aromatic nitrogens is 2. The van der Waals surface area contributed by atoms with Gasteiger partial charge in [-0.15, -0.1) is 0 Å². The first-order chi connectivity index (χ1) is 7.63. The number of hydrogen-bond acceptors (Lipinski definition) is 0. The summed E-state index contributed by atoms with van der Waals surface area (Å²) >= 11 is 0. The lowest BCUT2D eigenvalue weighted by Gasteiger charge is -2.03. The highest BCUT2D eigenvalue weighted by Crippen LogP contribution is 2.33. The standard InChI is InChI=1S/C14H16N2/c1-9-10(2)15(3)14-13(9)11-7-5-6-8-12(11)16(14)4/h5-8H,1-4H3. The van der Waals surface area contributed by atoms with E-state index in [-0.39, 0.29) is 0 Å². The molecule has 1 aromatic carbocycles. The van der Waals surface area contributed by atoms with E-state index in [2.05, 4.69) is 61.3 Å². The van der Waals surface area contributed by atoms with Crippen molar-refractivity contribution in [2.75, 3.05) is 0 Å². The van der Waals surface area contributed by atoms with E-state index in [1.807, 2.05) is 0 Å². The van der Waals surface area contributed by atoms with Gasteiger partial charge in [0, 0.05) is 30.6 Å². The third-order valence-electron chi connectivity index (χ3n) is 3.81. The van der Waals surface area contributed by atoms with Gasteiger partial charge >= 0.3 is 0 Å². The summed E-state index contributed by atoms with van der Waals surface area (Å²) < 4.78 is 4.56. The van der Waals surface area contributed by atoms with Crippen LogP contribution in [0.25, 0.3) is 21.9 Å². The Morgan fingerprint density at radius 2 is 1.62 bits per heavy atom. The van der Waals surface area contributed by atoms with Crippen LogP contribution < -0.4 is 0 Å². The van der Waals surface area contributed by atoms with Crippen LogP contribution in [-0.4, -0.2) is 9.13 Å². The topological polar surface area (TPSA) is 9.86 Å². The largest absolute Gasteiger partial charge is 0.334 e. The minimum absolute atomic E-state index is 1.31. The van der Waals surface area contributed by atoms with Crippen molar-refractivity contribution in [1.82, 2.24) is 9.13 Å². The van der Waals surface area contributed by atoms with Crippen LogP contribution in [0.4, 0.5) is 0 Å². The van der Waals surface area contributed by atoms with Crippen molar-refractivity contribution < 1.29 is 0 Å². The van der Waals surface area contributed by atoms with Gasteiger partial charge in [0.15, 0.2) is 0 Å². The molecule has 0 atom stereocenters. The third kappa shape index (κ3) is 0.921. The third-order valence-corrected chi connectivity index (χ3v) is 3.81. The predicted octanol–water partition coefficient (Wildman–Crippen LogP) is 3.29. The first-order valence-corrected chi connectivity index (χ1v) is 5.62. The first-order valence-electron chi connectivity index (χ1n) is 5.62. The summed E-state index contributed by atoms with van der Waals surface area (Å²) in [6.45, 7) is 4.40. The number of para-hydroxylation sites is 1. The van der Waals surface area contributed by atoms with Crippen LogP contribution >= 0.6 is 0 Å². The average Bonchev–Trinajstić information content (AvgIpc) is 2.71. The Hall–Kier alpha value is -1.70. The van der Waals surface area contributed by atoms with E-state index >= 15 is 0 Å². The molecule has 0 N–H and O–H groups in total. The zero-order valence-electron chi connectivity index (χ0n) is 10.2. The van der Waals surface area contributed by atoms with Crippen LogP contribution in [0.5, 0.6) is 0 Å². The summed E-state index contributed by atoms with van der Waals surface area (Å²) in [7, 11) is 4.28. The average molecular weight is 212 g/mol. The van der Waals surface area contributed by atoms with Gasteiger partial charge < -0.3 is 9.13 Å². The van der Waals surface area contributed by atoms with Gasteiger partial charge in [0.1, 0.15) is 5.65 Å². The molecular weight excluding hydrogens is 196 g/mol. The van der Waals surface area contributed by atoms with Gasteiger partial charge in [-0.3, -0.25) is 0 Å². The molecule has 82 valence electrons. The van der Waals surface area contributed by atoms with E-state index in [0.29, 0.717) is 0 Å². The summed E-state index contributed by atoms with van der Waals surface area (Å²) in [5.41, 5.74) is 5.38. The zero-order valence-corrected chi connectivity index (χ0v) is 10.2. The molecule has 2 nitrogen and oxygen atoms in total. The minimum atomic E-state index is 1.31. The van der Waals surface area contributed by atoms with Crippen molar-refractivity contribution in [1.29, 1.82) is 0 Å². The molecule has 0 bridgehead atoms. The fraction of sp³-hybridized carbons (Fsp3) is 0.286. The van der Waals surface area contributed by atoms with Crippen LogP contribution in [0.2, 0.25) is 0 Å². The fourth-order valence-electron chi connectivity index (χ4n) is 2.73. The molecule has 2 aromatic heterocycles. The Balaban J connectivity index is 2.71. The maximum Gasteiger partial charge on any atom is 0.121 e. The highest BCUT2D eigenvalue weighted by molar-refractivity contribution is 6.09. The number of rotatable bonds is 0. The molecule has 0 saturated heterocycles. The van der Waals surface area contributed by atoms with E-state index in [9.17, 15) is 0 Å². The second-order valence-corrected chi connectivity index (χ2v) is 4.54. The number of hydrogen-bond donors (Lipinski definition) is 0. The molecule has 2 heteroatoms. The Bertz CT molecular complexity index is 698. The summed E-state index contributed by atoms with van der Waals surface area (Å²) in [4.78, 5) is 0. The van der Waals surface area contributed by atoms with Crippen molar-refractivity contribution in [3.63, 3.8) is 0 Å². The lowest BCUT2D eigenvalue weighted by atomic mass is 10.1. The lowest BCUT2D eigenvalue weighted by molar-refractivity contribution is 0.852. The Morgan fingerprint density at radius 1 is 0.938 bits per heavy atom. The van der Waals surface area contributed by atoms with Gasteiger partial charge in [-0.05, 0) is 25.5 Å². The molecule has 0 unspecified atom stereocenters. The quantitative estimate of drug-likeness (QED) is 0.541. The minimum Gasteiger partial charge on any atom is -0.334 e. The van der Waals surface area contributed by atoms with Crippen LogP contribution in [0.15, 0.2) is 24.3 Å². The van der Waals surface area contributed by atoms with E-state index in [1.54, 1.807) is 0 Å². The first kappa shape index (κ1) is 9.52. The smallest absolute Gasteiger partial charge is 0.121 e. The second kappa shape index (κ2) is 2.91. The molecule has 0 radical (unpaired) electrons. The molecule has 0 fully saturated rings. The number of fused-ring (bicyclic) bond motifs is 3. The zero-order chi connectivity index (χ0) is 11.4. The molecule has 3 rings (SSSR count). The van der Waals surface area contributed by atoms with Crippen LogP contribution in [0.3, 0.4) is 0 Å². The Kier molecular flexibility index (Phi) is 1.73. The number of nitrogens with zero attached hydrogens (tertiary/aromatic N) is 2. The van der Waals surface area contributed by atoms with Crippen molar-refractivity contribution in [2.24, 2.45) is 14.1 Å². The molecule has 0 spiro atoms. The van der Waals surface area contributed by atoms with Gasteiger partial charge in [0.05, 0.1) is 5.52 Å². The summed E-state index contributed by atoms with van der Waals surface area (Å²) in [6, 6.07) is 8.61. The second-order valence-electron chi connectivity index (χ2n) is 4.54. The number of aryl methyl sites for hydroxylation is 3. The SMILES string of the molecule is Cc1c(C)n(C)c2c1c1ccccc1n2C. The maximum absolute atomic E-state index is 2.28. The van der Waals surface area contributed by atoms with Gasteiger partial charge in [0.2, 0.25) is 0 Å².